The molecule has 0 spiro atoms. The summed E-state index contributed by atoms with van der Waals surface area (Å²) in [7, 11) is 0. The quantitative estimate of drug-likeness (QED) is 0.723. The molecule has 0 aliphatic carbocycles. The molecule has 3 nitrogen and oxygen atoms in total. The lowest BCUT2D eigenvalue weighted by atomic mass is 9.90. The second kappa shape index (κ2) is 4.21. The second-order valence-corrected chi connectivity index (χ2v) is 3.62. The van der Waals surface area contributed by atoms with Gasteiger partial charge in [-0.3, -0.25) is 4.98 Å². The van der Waals surface area contributed by atoms with Crippen LogP contribution in [-0.4, -0.2) is 18.1 Å². The predicted octanol–water partition coefficient (Wildman–Crippen LogP) is 1.42. The van der Waals surface area contributed by atoms with Gasteiger partial charge in [-0.25, -0.2) is 0 Å². The number of hydrogen-bond donors (Lipinski definition) is 1. The van der Waals surface area contributed by atoms with Crippen LogP contribution < -0.4 is 5.32 Å². The maximum Gasteiger partial charge on any atom is 0.0995 e. The first kappa shape index (κ1) is 9.17. The molecule has 1 aromatic heterocycles. The maximum absolute atomic E-state index is 8.95. The van der Waals surface area contributed by atoms with Crippen molar-refractivity contribution in [1.82, 2.24) is 10.3 Å². The van der Waals surface area contributed by atoms with Gasteiger partial charge in [-0.15, -0.1) is 0 Å². The molecule has 72 valence electrons. The third-order valence-electron chi connectivity index (χ3n) is 2.71. The topological polar surface area (TPSA) is 48.7 Å². The zero-order chi connectivity index (χ0) is 9.80. The average molecular weight is 187 g/mol. The Kier molecular flexibility index (Phi) is 2.76. The van der Waals surface area contributed by atoms with Gasteiger partial charge in [0, 0.05) is 18.9 Å². The number of hydrogen-bond acceptors (Lipinski definition) is 3. The fraction of sp³-hybridized carbons (Fsp3) is 0.455. The summed E-state index contributed by atoms with van der Waals surface area (Å²) >= 11 is 0. The van der Waals surface area contributed by atoms with E-state index < -0.39 is 0 Å². The van der Waals surface area contributed by atoms with E-state index in [4.69, 9.17) is 5.26 Å². The Morgan fingerprint density at radius 3 is 3.21 bits per heavy atom. The third-order valence-corrected chi connectivity index (χ3v) is 2.71. The average Bonchev–Trinajstić information content (AvgIpc) is 2.30. The molecular weight excluding hydrogens is 174 g/mol. The molecule has 0 saturated carbocycles. The van der Waals surface area contributed by atoms with Gasteiger partial charge in [-0.05, 0) is 36.9 Å². The lowest BCUT2D eigenvalue weighted by Gasteiger charge is -2.23. The van der Waals surface area contributed by atoms with E-state index in [0.29, 0.717) is 5.92 Å². The lowest BCUT2D eigenvalue weighted by Crippen LogP contribution is -2.28. The number of nitriles is 1. The molecule has 0 amide bonds. The highest BCUT2D eigenvalue weighted by atomic mass is 14.9. The van der Waals surface area contributed by atoms with E-state index in [0.717, 1.165) is 30.6 Å². The monoisotopic (exact) mass is 187 g/mol. The summed E-state index contributed by atoms with van der Waals surface area (Å²) in [6.45, 7) is 2.07. The fourth-order valence-corrected chi connectivity index (χ4v) is 1.95. The van der Waals surface area contributed by atoms with Crippen LogP contribution in [0.3, 0.4) is 0 Å². The second-order valence-electron chi connectivity index (χ2n) is 3.62. The standard InChI is InChI=1S/C11H13N3/c12-6-9-3-5-14-8-11(9)10-2-1-4-13-7-10/h3,5,8,10,13H,1-2,4,7H2. The van der Waals surface area contributed by atoms with E-state index in [1.165, 1.54) is 6.42 Å². The number of aromatic nitrogens is 1. The zero-order valence-corrected chi connectivity index (χ0v) is 8.03. The summed E-state index contributed by atoms with van der Waals surface area (Å²) in [6.07, 6.45) is 5.85. The minimum absolute atomic E-state index is 0.465. The Hall–Kier alpha value is -1.40. The molecule has 0 aromatic carbocycles. The summed E-state index contributed by atoms with van der Waals surface area (Å²) in [6, 6.07) is 4.02. The van der Waals surface area contributed by atoms with Crippen LogP contribution >= 0.6 is 0 Å². The first-order chi connectivity index (χ1) is 6.92. The van der Waals surface area contributed by atoms with E-state index in [-0.39, 0.29) is 0 Å². The SMILES string of the molecule is N#Cc1ccncc1C1CCCNC1. The van der Waals surface area contributed by atoms with Gasteiger partial charge in [0.1, 0.15) is 0 Å². The molecule has 2 heterocycles. The van der Waals surface area contributed by atoms with Crippen LogP contribution in [0.1, 0.15) is 29.9 Å². The number of nitrogens with one attached hydrogen (secondary N) is 1. The largest absolute Gasteiger partial charge is 0.316 e. The molecule has 1 aromatic rings. The Morgan fingerprint density at radius 1 is 1.57 bits per heavy atom. The highest BCUT2D eigenvalue weighted by Gasteiger charge is 2.17. The Bertz CT molecular complexity index is 348. The molecule has 3 heteroatoms. The van der Waals surface area contributed by atoms with Crippen molar-refractivity contribution in [2.45, 2.75) is 18.8 Å². The summed E-state index contributed by atoms with van der Waals surface area (Å²) in [5, 5.41) is 12.3. The molecule has 1 aliphatic heterocycles. The highest BCUT2D eigenvalue weighted by molar-refractivity contribution is 5.37. The molecule has 1 aliphatic rings. The Morgan fingerprint density at radius 2 is 2.50 bits per heavy atom. The van der Waals surface area contributed by atoms with E-state index >= 15 is 0 Å². The summed E-state index contributed by atoms with van der Waals surface area (Å²) in [5.41, 5.74) is 1.87. The number of rotatable bonds is 1. The van der Waals surface area contributed by atoms with Gasteiger partial charge >= 0.3 is 0 Å². The molecule has 1 saturated heterocycles. The molecule has 1 atom stereocenters. The molecule has 2 rings (SSSR count). The molecule has 0 bridgehead atoms. The van der Waals surface area contributed by atoms with Crippen molar-refractivity contribution >= 4 is 0 Å². The third kappa shape index (κ3) is 1.75. The molecule has 1 unspecified atom stereocenters. The van der Waals surface area contributed by atoms with E-state index in [2.05, 4.69) is 16.4 Å². The smallest absolute Gasteiger partial charge is 0.0995 e. The number of pyridine rings is 1. The zero-order valence-electron chi connectivity index (χ0n) is 8.03. The molecular formula is C11H13N3. The van der Waals surface area contributed by atoms with Gasteiger partial charge in [0.05, 0.1) is 11.6 Å². The summed E-state index contributed by atoms with van der Waals surface area (Å²) in [5.74, 6) is 0.465. The van der Waals surface area contributed by atoms with Crippen LogP contribution in [0.4, 0.5) is 0 Å². The normalized spacial score (nSPS) is 21.5. The van der Waals surface area contributed by atoms with Gasteiger partial charge in [0.15, 0.2) is 0 Å². The first-order valence-corrected chi connectivity index (χ1v) is 4.96. The van der Waals surface area contributed by atoms with Gasteiger partial charge in [0.25, 0.3) is 0 Å². The maximum atomic E-state index is 8.95. The minimum Gasteiger partial charge on any atom is -0.316 e. The van der Waals surface area contributed by atoms with Gasteiger partial charge in [0.2, 0.25) is 0 Å². The highest BCUT2D eigenvalue weighted by Crippen LogP contribution is 2.24. The molecule has 0 radical (unpaired) electrons. The number of piperidine rings is 1. The van der Waals surface area contributed by atoms with Crippen molar-refractivity contribution in [3.8, 4) is 6.07 Å². The predicted molar refractivity (Wildman–Crippen MR) is 53.8 cm³/mol. The van der Waals surface area contributed by atoms with E-state index in [9.17, 15) is 0 Å². The molecule has 1 N–H and O–H groups in total. The van der Waals surface area contributed by atoms with Crippen molar-refractivity contribution in [1.29, 1.82) is 5.26 Å². The minimum atomic E-state index is 0.465. The van der Waals surface area contributed by atoms with Crippen molar-refractivity contribution in [2.24, 2.45) is 0 Å². The fourth-order valence-electron chi connectivity index (χ4n) is 1.95. The lowest BCUT2D eigenvalue weighted by molar-refractivity contribution is 0.460. The van der Waals surface area contributed by atoms with Crippen molar-refractivity contribution in [2.75, 3.05) is 13.1 Å². The molecule has 14 heavy (non-hydrogen) atoms. The van der Waals surface area contributed by atoms with Crippen LogP contribution in [0.2, 0.25) is 0 Å². The van der Waals surface area contributed by atoms with Crippen molar-refractivity contribution < 1.29 is 0 Å². The van der Waals surface area contributed by atoms with E-state index in [1.807, 2.05) is 6.20 Å². The van der Waals surface area contributed by atoms with Crippen LogP contribution in [0.25, 0.3) is 0 Å². The first-order valence-electron chi connectivity index (χ1n) is 4.96. The van der Waals surface area contributed by atoms with Crippen LogP contribution in [-0.2, 0) is 0 Å². The number of nitrogens with zero attached hydrogens (tertiary/aromatic N) is 2. The van der Waals surface area contributed by atoms with Crippen LogP contribution in [0.15, 0.2) is 18.5 Å². The van der Waals surface area contributed by atoms with Gasteiger partial charge in [-0.2, -0.15) is 5.26 Å². The Balaban J connectivity index is 2.26. The Labute approximate surface area is 83.8 Å². The van der Waals surface area contributed by atoms with Crippen LogP contribution in [0, 0.1) is 11.3 Å². The molecule has 1 fully saturated rings. The van der Waals surface area contributed by atoms with Gasteiger partial charge < -0.3 is 5.32 Å². The van der Waals surface area contributed by atoms with Gasteiger partial charge in [-0.1, -0.05) is 0 Å². The summed E-state index contributed by atoms with van der Waals surface area (Å²) in [4.78, 5) is 4.09. The van der Waals surface area contributed by atoms with Crippen LogP contribution in [0.5, 0.6) is 0 Å². The van der Waals surface area contributed by atoms with Crippen molar-refractivity contribution in [3.05, 3.63) is 29.6 Å². The van der Waals surface area contributed by atoms with Crippen molar-refractivity contribution in [3.63, 3.8) is 0 Å². The summed E-state index contributed by atoms with van der Waals surface area (Å²) < 4.78 is 0. The van der Waals surface area contributed by atoms with E-state index in [1.54, 1.807) is 12.3 Å².